The van der Waals surface area contributed by atoms with E-state index in [0.717, 1.165) is 42.9 Å². The summed E-state index contributed by atoms with van der Waals surface area (Å²) >= 11 is 5.94. The fourth-order valence-corrected chi connectivity index (χ4v) is 2.89. The molecule has 0 spiro atoms. The highest BCUT2D eigenvalue weighted by Crippen LogP contribution is 2.21. The van der Waals surface area contributed by atoms with Crippen molar-refractivity contribution < 1.29 is 9.53 Å². The van der Waals surface area contributed by atoms with Crippen LogP contribution in [0.5, 0.6) is 0 Å². The van der Waals surface area contributed by atoms with Crippen LogP contribution in [0, 0.1) is 6.92 Å². The molecule has 1 aliphatic heterocycles. The summed E-state index contributed by atoms with van der Waals surface area (Å²) in [6, 6.07) is 7.15. The lowest BCUT2D eigenvalue weighted by Gasteiger charge is -2.13. The van der Waals surface area contributed by atoms with Crippen LogP contribution in [0.2, 0.25) is 5.02 Å². The number of nitrogens with zero attached hydrogens (tertiary/aromatic N) is 1. The molecule has 1 aromatic carbocycles. The first-order valence-electron chi connectivity index (χ1n) is 8.00. The maximum atomic E-state index is 12.4. The molecule has 0 aliphatic carbocycles. The van der Waals surface area contributed by atoms with Crippen LogP contribution in [0.3, 0.4) is 0 Å². The summed E-state index contributed by atoms with van der Waals surface area (Å²) < 4.78 is 5.58. The second-order valence-corrected chi connectivity index (χ2v) is 6.33. The molecule has 2 aromatic rings. The quantitative estimate of drug-likeness (QED) is 0.863. The Balaban J connectivity index is 1.65. The Bertz CT molecular complexity index is 730. The van der Waals surface area contributed by atoms with E-state index in [0.29, 0.717) is 10.6 Å². The average Bonchev–Trinajstić information content (AvgIpc) is 3.09. The Labute approximate surface area is 146 Å². The number of pyridine rings is 1. The molecule has 1 aromatic heterocycles. The highest BCUT2D eigenvalue weighted by molar-refractivity contribution is 6.30. The van der Waals surface area contributed by atoms with Gasteiger partial charge in [0.15, 0.2) is 0 Å². The van der Waals surface area contributed by atoms with E-state index in [2.05, 4.69) is 15.6 Å². The topological polar surface area (TPSA) is 63.2 Å². The lowest BCUT2D eigenvalue weighted by atomic mass is 10.2. The monoisotopic (exact) mass is 345 g/mol. The average molecular weight is 346 g/mol. The predicted octanol–water partition coefficient (Wildman–Crippen LogP) is 3.89. The van der Waals surface area contributed by atoms with Crippen molar-refractivity contribution in [3.63, 3.8) is 0 Å². The summed E-state index contributed by atoms with van der Waals surface area (Å²) in [4.78, 5) is 16.6. The molecule has 6 heteroatoms. The van der Waals surface area contributed by atoms with Gasteiger partial charge in [-0.1, -0.05) is 11.6 Å². The van der Waals surface area contributed by atoms with E-state index < -0.39 is 0 Å². The Morgan fingerprint density at radius 2 is 2.25 bits per heavy atom. The van der Waals surface area contributed by atoms with Gasteiger partial charge in [0.1, 0.15) is 0 Å². The number of halogens is 1. The zero-order valence-electron chi connectivity index (χ0n) is 13.5. The smallest absolute Gasteiger partial charge is 0.257 e. The Morgan fingerprint density at radius 3 is 3.00 bits per heavy atom. The maximum Gasteiger partial charge on any atom is 0.257 e. The van der Waals surface area contributed by atoms with E-state index in [-0.39, 0.29) is 12.0 Å². The summed E-state index contributed by atoms with van der Waals surface area (Å²) in [6.07, 6.45) is 5.67. The van der Waals surface area contributed by atoms with Gasteiger partial charge in [0, 0.05) is 36.3 Å². The number of carbonyl (C=O) groups is 1. The fraction of sp³-hybridized carbons (Fsp3) is 0.333. The Morgan fingerprint density at radius 1 is 1.38 bits per heavy atom. The molecule has 1 amide bonds. The number of aryl methyl sites for hydroxylation is 1. The number of hydrogen-bond donors (Lipinski definition) is 2. The van der Waals surface area contributed by atoms with Crippen LogP contribution in [0.4, 0.5) is 11.4 Å². The number of carbonyl (C=O) groups excluding carboxylic acids is 1. The molecule has 1 fully saturated rings. The van der Waals surface area contributed by atoms with Gasteiger partial charge in [-0.25, -0.2) is 0 Å². The number of nitrogens with one attached hydrogen (secondary N) is 2. The third-order valence-corrected chi connectivity index (χ3v) is 4.23. The van der Waals surface area contributed by atoms with Crippen LogP contribution in [0.25, 0.3) is 0 Å². The third-order valence-electron chi connectivity index (χ3n) is 3.99. The minimum atomic E-state index is -0.200. The van der Waals surface area contributed by atoms with Crippen molar-refractivity contribution in [3.8, 4) is 0 Å². The molecule has 2 heterocycles. The highest BCUT2D eigenvalue weighted by atomic mass is 35.5. The second-order valence-electron chi connectivity index (χ2n) is 5.89. The van der Waals surface area contributed by atoms with Crippen LogP contribution >= 0.6 is 11.6 Å². The van der Waals surface area contributed by atoms with E-state index >= 15 is 0 Å². The highest BCUT2D eigenvalue weighted by Gasteiger charge is 2.15. The van der Waals surface area contributed by atoms with Crippen molar-refractivity contribution in [2.24, 2.45) is 0 Å². The van der Waals surface area contributed by atoms with Crippen LogP contribution in [-0.4, -0.2) is 30.1 Å². The summed E-state index contributed by atoms with van der Waals surface area (Å²) in [7, 11) is 0. The zero-order valence-corrected chi connectivity index (χ0v) is 14.3. The first kappa shape index (κ1) is 16.7. The third kappa shape index (κ3) is 4.24. The molecule has 0 saturated carbocycles. The molecule has 5 nitrogen and oxygen atoms in total. The molecule has 3 rings (SSSR count). The van der Waals surface area contributed by atoms with Crippen LogP contribution in [0.15, 0.2) is 36.7 Å². The second kappa shape index (κ2) is 7.64. The van der Waals surface area contributed by atoms with Gasteiger partial charge in [-0.05, 0) is 49.6 Å². The van der Waals surface area contributed by atoms with E-state index in [1.54, 1.807) is 30.6 Å². The van der Waals surface area contributed by atoms with Gasteiger partial charge in [0.2, 0.25) is 0 Å². The first-order valence-corrected chi connectivity index (χ1v) is 8.37. The van der Waals surface area contributed by atoms with Crippen molar-refractivity contribution in [1.29, 1.82) is 0 Å². The van der Waals surface area contributed by atoms with Gasteiger partial charge in [-0.3, -0.25) is 9.78 Å². The predicted molar refractivity (Wildman–Crippen MR) is 95.8 cm³/mol. The van der Waals surface area contributed by atoms with Crippen LogP contribution in [-0.2, 0) is 4.74 Å². The zero-order chi connectivity index (χ0) is 16.9. The van der Waals surface area contributed by atoms with Crippen molar-refractivity contribution in [2.75, 3.05) is 23.8 Å². The van der Waals surface area contributed by atoms with Crippen molar-refractivity contribution >= 4 is 28.9 Å². The number of rotatable bonds is 5. The number of benzene rings is 1. The molecule has 0 bridgehead atoms. The summed E-state index contributed by atoms with van der Waals surface area (Å²) in [5.74, 6) is -0.200. The first-order chi connectivity index (χ1) is 11.6. The molecule has 1 aliphatic rings. The Hall–Kier alpha value is -2.11. The van der Waals surface area contributed by atoms with Crippen molar-refractivity contribution in [3.05, 3.63) is 52.8 Å². The number of hydrogen-bond acceptors (Lipinski definition) is 4. The van der Waals surface area contributed by atoms with Crippen LogP contribution in [0.1, 0.15) is 28.8 Å². The summed E-state index contributed by atoms with van der Waals surface area (Å²) in [6.45, 7) is 3.45. The van der Waals surface area contributed by atoms with E-state index in [9.17, 15) is 4.79 Å². The fourth-order valence-electron chi connectivity index (χ4n) is 2.66. The normalized spacial score (nSPS) is 16.8. The van der Waals surface area contributed by atoms with Gasteiger partial charge in [-0.2, -0.15) is 0 Å². The molecule has 1 atom stereocenters. The van der Waals surface area contributed by atoms with E-state index in [1.165, 1.54) is 0 Å². The molecule has 1 unspecified atom stereocenters. The van der Waals surface area contributed by atoms with Gasteiger partial charge in [0.25, 0.3) is 5.91 Å². The number of ether oxygens (including phenoxy) is 1. The van der Waals surface area contributed by atoms with Gasteiger partial charge >= 0.3 is 0 Å². The summed E-state index contributed by atoms with van der Waals surface area (Å²) in [5.41, 5.74) is 2.96. The molecule has 2 N–H and O–H groups in total. The molecular formula is C18H20ClN3O2. The van der Waals surface area contributed by atoms with Crippen molar-refractivity contribution in [1.82, 2.24) is 4.98 Å². The molecule has 126 valence electrons. The number of anilines is 2. The molecule has 1 saturated heterocycles. The number of aromatic nitrogens is 1. The maximum absolute atomic E-state index is 12.4. The lowest BCUT2D eigenvalue weighted by Crippen LogP contribution is -2.19. The minimum absolute atomic E-state index is 0.200. The van der Waals surface area contributed by atoms with Crippen LogP contribution < -0.4 is 10.6 Å². The summed E-state index contributed by atoms with van der Waals surface area (Å²) in [5, 5.41) is 6.81. The largest absolute Gasteiger partial charge is 0.381 e. The standard InChI is InChI=1S/C18H20ClN3O2/c1-12-7-14(19)4-5-17(12)22-18(23)13-8-15(10-20-9-13)21-11-16-3-2-6-24-16/h4-5,7-10,16,21H,2-3,6,11H2,1H3,(H,22,23). The molecule has 0 radical (unpaired) electrons. The van der Waals surface area contributed by atoms with Gasteiger partial charge in [0.05, 0.1) is 17.4 Å². The molecule has 24 heavy (non-hydrogen) atoms. The van der Waals surface area contributed by atoms with Crippen molar-refractivity contribution in [2.45, 2.75) is 25.9 Å². The van der Waals surface area contributed by atoms with Gasteiger partial charge in [-0.15, -0.1) is 0 Å². The molecular weight excluding hydrogens is 326 g/mol. The van der Waals surface area contributed by atoms with E-state index in [4.69, 9.17) is 16.3 Å². The minimum Gasteiger partial charge on any atom is -0.381 e. The van der Waals surface area contributed by atoms with E-state index in [1.807, 2.05) is 13.0 Å². The lowest BCUT2D eigenvalue weighted by molar-refractivity contribution is 0.102. The number of amides is 1. The SMILES string of the molecule is Cc1cc(Cl)ccc1NC(=O)c1cncc(NCC2CCCO2)c1. The van der Waals surface area contributed by atoms with Gasteiger partial charge < -0.3 is 15.4 Å². The Kier molecular flexibility index (Phi) is 5.33.